The summed E-state index contributed by atoms with van der Waals surface area (Å²) in [6, 6.07) is 0. The van der Waals surface area contributed by atoms with Crippen LogP contribution >= 0.6 is 0 Å². The van der Waals surface area contributed by atoms with Crippen molar-refractivity contribution in [2.24, 2.45) is 0 Å². The van der Waals surface area contributed by atoms with Crippen LogP contribution in [0.4, 0.5) is 0 Å². The molecule has 0 aliphatic carbocycles. The Morgan fingerprint density at radius 3 is 0.778 bits per heavy atom. The van der Waals surface area contributed by atoms with Gasteiger partial charge < -0.3 is 61.6 Å². The fourth-order valence-electron chi connectivity index (χ4n) is 4.67. The topological polar surface area (TPSA) is 137 Å². The highest BCUT2D eigenvalue weighted by Gasteiger charge is 2.03. The zero-order valence-electron chi connectivity index (χ0n) is 34.4. The number of carbonyl (C=O) groups is 1. The maximum atomic E-state index is 11.6. The lowest BCUT2D eigenvalue weighted by Crippen LogP contribution is -2.15. The van der Waals surface area contributed by atoms with Gasteiger partial charge in [0.1, 0.15) is 6.61 Å². The van der Waals surface area contributed by atoms with Crippen molar-refractivity contribution in [2.45, 2.75) is 90.9 Å². The number of rotatable bonds is 49. The van der Waals surface area contributed by atoms with Gasteiger partial charge in [0.25, 0.3) is 0 Å². The van der Waals surface area contributed by atoms with Crippen molar-refractivity contribution in [3.63, 3.8) is 0 Å². The molecule has 0 spiro atoms. The van der Waals surface area contributed by atoms with Gasteiger partial charge in [-0.1, -0.05) is 71.6 Å². The molecule has 324 valence electrons. The molecule has 14 nitrogen and oxygen atoms in total. The number of hydrogen-bond donors (Lipinski definition) is 0. The minimum atomic E-state index is -0.147. The SMILES string of the molecule is CCCCCCCCOCCOCCOCCOCCOCCOCCOCCOCCOCCOCCOCCOCCOC(=O)CCCCCCC. The highest BCUT2D eigenvalue weighted by atomic mass is 16.6. The molecule has 0 saturated heterocycles. The Bertz CT molecular complexity index is 691. The molecule has 0 aliphatic heterocycles. The van der Waals surface area contributed by atoms with Gasteiger partial charge in [-0.05, 0) is 12.8 Å². The Morgan fingerprint density at radius 2 is 0.481 bits per heavy atom. The first kappa shape index (κ1) is 53.0. The van der Waals surface area contributed by atoms with Crippen molar-refractivity contribution in [1.82, 2.24) is 0 Å². The summed E-state index contributed by atoms with van der Waals surface area (Å²) < 4.78 is 71.1. The highest BCUT2D eigenvalue weighted by molar-refractivity contribution is 5.69. The molecule has 0 atom stereocenters. The van der Waals surface area contributed by atoms with Crippen LogP contribution < -0.4 is 0 Å². The smallest absolute Gasteiger partial charge is 0.305 e. The van der Waals surface area contributed by atoms with Crippen LogP contribution in [-0.2, 0) is 66.4 Å². The maximum Gasteiger partial charge on any atom is 0.305 e. The van der Waals surface area contributed by atoms with Crippen molar-refractivity contribution in [3.05, 3.63) is 0 Å². The Kier molecular flexibility index (Phi) is 49.1. The molecular formula is C40H80O14. The Labute approximate surface area is 328 Å². The van der Waals surface area contributed by atoms with Crippen molar-refractivity contribution in [1.29, 1.82) is 0 Å². The van der Waals surface area contributed by atoms with E-state index in [0.717, 1.165) is 25.9 Å². The third-order valence-corrected chi connectivity index (χ3v) is 7.71. The zero-order valence-corrected chi connectivity index (χ0v) is 34.4. The van der Waals surface area contributed by atoms with E-state index in [9.17, 15) is 4.79 Å². The number of unbranched alkanes of at least 4 members (excludes halogenated alkanes) is 9. The number of carbonyl (C=O) groups excluding carboxylic acids is 1. The van der Waals surface area contributed by atoms with Gasteiger partial charge in [-0.2, -0.15) is 0 Å². The fourth-order valence-corrected chi connectivity index (χ4v) is 4.67. The first-order chi connectivity index (χ1) is 26.8. The third kappa shape index (κ3) is 49.0. The molecule has 14 heteroatoms. The predicted octanol–water partition coefficient (Wildman–Crippen LogP) is 5.45. The largest absolute Gasteiger partial charge is 0.463 e. The number of esters is 1. The minimum Gasteiger partial charge on any atom is -0.463 e. The van der Waals surface area contributed by atoms with Crippen LogP contribution in [0.2, 0.25) is 0 Å². The van der Waals surface area contributed by atoms with E-state index in [0.29, 0.717) is 158 Å². The molecule has 0 fully saturated rings. The quantitative estimate of drug-likeness (QED) is 0.0571. The van der Waals surface area contributed by atoms with Gasteiger partial charge in [0.2, 0.25) is 0 Å². The van der Waals surface area contributed by atoms with Gasteiger partial charge >= 0.3 is 5.97 Å². The van der Waals surface area contributed by atoms with Crippen LogP contribution in [0.15, 0.2) is 0 Å². The lowest BCUT2D eigenvalue weighted by Gasteiger charge is -2.09. The van der Waals surface area contributed by atoms with Crippen LogP contribution in [0, 0.1) is 0 Å². The van der Waals surface area contributed by atoms with Gasteiger partial charge in [-0.15, -0.1) is 0 Å². The molecule has 54 heavy (non-hydrogen) atoms. The second-order valence-corrected chi connectivity index (χ2v) is 12.5. The van der Waals surface area contributed by atoms with Crippen LogP contribution in [-0.4, -0.2) is 171 Å². The van der Waals surface area contributed by atoms with Crippen LogP contribution in [0.25, 0.3) is 0 Å². The summed E-state index contributed by atoms with van der Waals surface area (Å²) in [5, 5.41) is 0. The molecular weight excluding hydrogens is 704 g/mol. The molecule has 0 bridgehead atoms. The Balaban J connectivity index is 3.08. The minimum absolute atomic E-state index is 0.147. The summed E-state index contributed by atoms with van der Waals surface area (Å²) in [6.07, 6.45) is 13.7. The van der Waals surface area contributed by atoms with E-state index in [1.165, 1.54) is 51.4 Å². The lowest BCUT2D eigenvalue weighted by molar-refractivity contribution is -0.145. The van der Waals surface area contributed by atoms with E-state index in [1.807, 2.05) is 0 Å². The summed E-state index contributed by atoms with van der Waals surface area (Å²) in [5.41, 5.74) is 0. The first-order valence-corrected chi connectivity index (χ1v) is 20.9. The molecule has 0 N–H and O–H groups in total. The summed E-state index contributed by atoms with van der Waals surface area (Å²) >= 11 is 0. The van der Waals surface area contributed by atoms with Crippen molar-refractivity contribution in [3.8, 4) is 0 Å². The zero-order chi connectivity index (χ0) is 38.9. The lowest BCUT2D eigenvalue weighted by atomic mass is 10.1. The highest BCUT2D eigenvalue weighted by Crippen LogP contribution is 2.06. The molecule has 0 saturated carbocycles. The molecule has 0 radical (unpaired) electrons. The maximum absolute atomic E-state index is 11.6. The molecule has 0 amide bonds. The number of ether oxygens (including phenoxy) is 13. The van der Waals surface area contributed by atoms with E-state index >= 15 is 0 Å². The van der Waals surface area contributed by atoms with Crippen LogP contribution in [0.1, 0.15) is 90.9 Å². The van der Waals surface area contributed by atoms with Gasteiger partial charge in [-0.3, -0.25) is 4.79 Å². The second kappa shape index (κ2) is 50.0. The van der Waals surface area contributed by atoms with E-state index in [1.54, 1.807) is 0 Å². The molecule has 0 aromatic heterocycles. The second-order valence-electron chi connectivity index (χ2n) is 12.5. The summed E-state index contributed by atoms with van der Waals surface area (Å²) in [4.78, 5) is 11.6. The van der Waals surface area contributed by atoms with Crippen molar-refractivity contribution >= 4 is 5.97 Å². The van der Waals surface area contributed by atoms with Crippen molar-refractivity contribution < 1.29 is 66.4 Å². The predicted molar refractivity (Wildman–Crippen MR) is 208 cm³/mol. The molecule has 0 unspecified atom stereocenters. The average molecular weight is 785 g/mol. The summed E-state index contributed by atoms with van der Waals surface area (Å²) in [5.74, 6) is -0.147. The van der Waals surface area contributed by atoms with Crippen LogP contribution in [0.3, 0.4) is 0 Å². The van der Waals surface area contributed by atoms with Gasteiger partial charge in [-0.25, -0.2) is 0 Å². The molecule has 0 aliphatic rings. The third-order valence-electron chi connectivity index (χ3n) is 7.71. The Hall–Kier alpha value is -1.01. The molecule has 0 aromatic rings. The normalized spacial score (nSPS) is 11.5. The summed E-state index contributed by atoms with van der Waals surface area (Å²) in [6.45, 7) is 17.3. The molecule has 0 rings (SSSR count). The summed E-state index contributed by atoms with van der Waals surface area (Å²) in [7, 11) is 0. The van der Waals surface area contributed by atoms with Gasteiger partial charge in [0.15, 0.2) is 0 Å². The molecule has 0 aromatic carbocycles. The van der Waals surface area contributed by atoms with Crippen molar-refractivity contribution in [2.75, 3.05) is 165 Å². The van der Waals surface area contributed by atoms with Gasteiger partial charge in [0, 0.05) is 13.0 Å². The fraction of sp³-hybridized carbons (Fsp3) is 0.975. The average Bonchev–Trinajstić information content (AvgIpc) is 3.18. The van der Waals surface area contributed by atoms with E-state index in [2.05, 4.69) is 13.8 Å². The van der Waals surface area contributed by atoms with E-state index < -0.39 is 0 Å². The monoisotopic (exact) mass is 785 g/mol. The van der Waals surface area contributed by atoms with Crippen LogP contribution in [0.5, 0.6) is 0 Å². The number of hydrogen-bond acceptors (Lipinski definition) is 14. The standard InChI is InChI=1S/C40H80O14/c1-3-5-7-9-11-13-15-42-16-17-43-18-19-44-20-21-45-22-23-46-24-25-47-26-27-48-28-29-49-30-31-50-32-33-51-34-35-52-36-37-53-38-39-54-40(41)14-12-10-8-6-4-2/h3-39H2,1-2H3. The van der Waals surface area contributed by atoms with Gasteiger partial charge in [0.05, 0.1) is 152 Å². The first-order valence-electron chi connectivity index (χ1n) is 20.9. The van der Waals surface area contributed by atoms with E-state index in [-0.39, 0.29) is 12.6 Å². The van der Waals surface area contributed by atoms with E-state index in [4.69, 9.17) is 61.6 Å². The Morgan fingerprint density at radius 1 is 0.259 bits per heavy atom. The molecule has 0 heterocycles.